The highest BCUT2D eigenvalue weighted by Gasteiger charge is 2.79. The van der Waals surface area contributed by atoms with E-state index in [2.05, 4.69) is 4.74 Å². The van der Waals surface area contributed by atoms with Gasteiger partial charge < -0.3 is 4.74 Å². The Balaban J connectivity index is 3.64. The van der Waals surface area contributed by atoms with Crippen LogP contribution in [0.15, 0.2) is 23.1 Å². The summed E-state index contributed by atoms with van der Waals surface area (Å²) >= 11 is 0. The zero-order valence-electron chi connectivity index (χ0n) is 11.3. The van der Waals surface area contributed by atoms with Crippen molar-refractivity contribution in [3.63, 3.8) is 0 Å². The Hall–Kier alpha value is -2.12. The number of benzene rings is 1. The van der Waals surface area contributed by atoms with Gasteiger partial charge in [-0.15, -0.1) is 0 Å². The van der Waals surface area contributed by atoms with Crippen molar-refractivity contribution in [1.82, 2.24) is 0 Å². The van der Waals surface area contributed by atoms with Gasteiger partial charge in [0.15, 0.2) is 0 Å². The number of hydrogen-bond donors (Lipinski definition) is 0. The summed E-state index contributed by atoms with van der Waals surface area (Å²) < 4.78 is 117. The monoisotopic (exact) mass is 385 g/mol. The van der Waals surface area contributed by atoms with Gasteiger partial charge in [0.2, 0.25) is 0 Å². The summed E-state index contributed by atoms with van der Waals surface area (Å²) in [5.41, 5.74) is -0.864. The van der Waals surface area contributed by atoms with Crippen molar-refractivity contribution in [1.29, 1.82) is 0 Å². The minimum Gasteiger partial charge on any atom is -0.495 e. The Bertz CT molecular complexity index is 759. The van der Waals surface area contributed by atoms with Crippen molar-refractivity contribution in [3.05, 3.63) is 28.3 Å². The Morgan fingerprint density at radius 1 is 1.08 bits per heavy atom. The van der Waals surface area contributed by atoms with E-state index >= 15 is 0 Å². The van der Waals surface area contributed by atoms with Gasteiger partial charge in [0, 0.05) is 6.07 Å². The topological polar surface area (TPSA) is 86.5 Å². The van der Waals surface area contributed by atoms with Crippen molar-refractivity contribution in [2.24, 2.45) is 0 Å². The maximum Gasteiger partial charge on any atom is 0.461 e. The molecule has 0 saturated heterocycles. The minimum atomic E-state index is -6.91. The van der Waals surface area contributed by atoms with Gasteiger partial charge in [-0.3, -0.25) is 10.1 Å². The van der Waals surface area contributed by atoms with Gasteiger partial charge in [0.25, 0.3) is 15.5 Å². The minimum absolute atomic E-state index is 0.0761. The molecule has 0 fully saturated rings. The van der Waals surface area contributed by atoms with Crippen LogP contribution in [0.5, 0.6) is 5.75 Å². The molecule has 0 aliphatic carbocycles. The summed E-state index contributed by atoms with van der Waals surface area (Å²) in [6.07, 6.45) is -6.86. The fourth-order valence-corrected chi connectivity index (χ4v) is 2.85. The molecule has 0 spiro atoms. The molecular weight excluding hydrogens is 379 g/mol. The van der Waals surface area contributed by atoms with Crippen molar-refractivity contribution in [2.75, 3.05) is 7.11 Å². The summed E-state index contributed by atoms with van der Waals surface area (Å²) in [5.74, 6) is -8.10. The van der Waals surface area contributed by atoms with Crippen LogP contribution in [0.1, 0.15) is 0 Å². The van der Waals surface area contributed by atoms with Gasteiger partial charge >= 0.3 is 17.4 Å². The van der Waals surface area contributed by atoms with E-state index in [0.717, 1.165) is 0 Å². The zero-order valence-corrected chi connectivity index (χ0v) is 12.1. The Kier molecular flexibility index (Phi) is 4.77. The average Bonchev–Trinajstić information content (AvgIpc) is 2.44. The summed E-state index contributed by atoms with van der Waals surface area (Å²) in [5, 5.41) is 3.92. The lowest BCUT2D eigenvalue weighted by Crippen LogP contribution is -2.55. The normalized spacial score (nSPS) is 13.7. The first-order valence-corrected chi connectivity index (χ1v) is 6.99. The third kappa shape index (κ3) is 2.85. The number of sulfone groups is 1. The summed E-state index contributed by atoms with van der Waals surface area (Å²) in [7, 11) is -5.96. The first kappa shape index (κ1) is 19.9. The predicted molar refractivity (Wildman–Crippen MR) is 62.8 cm³/mol. The summed E-state index contributed by atoms with van der Waals surface area (Å²) in [6.45, 7) is 0. The Morgan fingerprint density at radius 2 is 1.58 bits per heavy atom. The highest BCUT2D eigenvalue weighted by molar-refractivity contribution is 7.92. The largest absolute Gasteiger partial charge is 0.495 e. The van der Waals surface area contributed by atoms with E-state index in [1.54, 1.807) is 0 Å². The molecule has 1 rings (SSSR count). The lowest BCUT2D eigenvalue weighted by atomic mass is 10.3. The molecule has 24 heavy (non-hydrogen) atoms. The van der Waals surface area contributed by atoms with Crippen LogP contribution in [0, 0.1) is 10.1 Å². The Morgan fingerprint density at radius 3 is 1.96 bits per heavy atom. The molecule has 0 aliphatic rings. The number of nitro groups is 1. The van der Waals surface area contributed by atoms with Crippen LogP contribution in [0.4, 0.5) is 36.4 Å². The van der Waals surface area contributed by atoms with Crippen molar-refractivity contribution >= 4 is 15.5 Å². The van der Waals surface area contributed by atoms with Gasteiger partial charge in [0.1, 0.15) is 10.6 Å². The highest BCUT2D eigenvalue weighted by atomic mass is 32.2. The van der Waals surface area contributed by atoms with E-state index in [4.69, 9.17) is 0 Å². The van der Waals surface area contributed by atoms with Gasteiger partial charge in [0.05, 0.1) is 18.1 Å². The third-order valence-electron chi connectivity index (χ3n) is 2.71. The molecule has 0 heterocycles. The number of non-ortho nitro benzene ring substituents is 1. The summed E-state index contributed by atoms with van der Waals surface area (Å²) in [6, 6.07) is 0.693. The van der Waals surface area contributed by atoms with E-state index in [-0.39, 0.29) is 12.1 Å². The molecule has 14 heteroatoms. The average molecular weight is 385 g/mol. The smallest absolute Gasteiger partial charge is 0.461 e. The second kappa shape index (κ2) is 5.75. The van der Waals surface area contributed by atoms with E-state index in [1.807, 2.05) is 0 Å². The van der Waals surface area contributed by atoms with Crippen LogP contribution in [-0.2, 0) is 9.84 Å². The molecule has 0 saturated carbocycles. The van der Waals surface area contributed by atoms with Crippen molar-refractivity contribution in [2.45, 2.75) is 22.2 Å². The van der Waals surface area contributed by atoms with Crippen molar-refractivity contribution in [3.8, 4) is 5.75 Å². The van der Waals surface area contributed by atoms with E-state index in [1.165, 1.54) is 0 Å². The maximum atomic E-state index is 13.5. The van der Waals surface area contributed by atoms with E-state index < -0.39 is 48.4 Å². The summed E-state index contributed by atoms with van der Waals surface area (Å²) in [4.78, 5) is 7.65. The van der Waals surface area contributed by atoms with E-state index in [9.17, 15) is 49.3 Å². The number of methoxy groups -OCH3 is 1. The molecule has 0 amide bonds. The quantitative estimate of drug-likeness (QED) is 0.442. The molecule has 0 unspecified atom stereocenters. The molecule has 1 aromatic carbocycles. The molecule has 1 aromatic rings. The Labute approximate surface area is 128 Å². The molecule has 136 valence electrons. The molecule has 6 nitrogen and oxygen atoms in total. The van der Waals surface area contributed by atoms with Crippen molar-refractivity contribution < 1.29 is 48.8 Å². The van der Waals surface area contributed by atoms with Gasteiger partial charge in [-0.25, -0.2) is 8.42 Å². The maximum absolute atomic E-state index is 13.5. The first-order chi connectivity index (χ1) is 10.6. The molecular formula is C10H6F7NO5S. The van der Waals surface area contributed by atoms with Crippen LogP contribution in [0.3, 0.4) is 0 Å². The van der Waals surface area contributed by atoms with Gasteiger partial charge in [-0.1, -0.05) is 0 Å². The number of nitro benzene ring substituents is 1. The van der Waals surface area contributed by atoms with Crippen LogP contribution < -0.4 is 4.74 Å². The third-order valence-corrected chi connectivity index (χ3v) is 4.55. The number of halogens is 7. The molecule has 0 atom stereocenters. The number of alkyl halides is 7. The van der Waals surface area contributed by atoms with Crippen LogP contribution in [0.25, 0.3) is 0 Å². The lowest BCUT2D eigenvalue weighted by molar-refractivity contribution is -0.385. The second-order valence-electron chi connectivity index (χ2n) is 4.18. The van der Waals surface area contributed by atoms with Gasteiger partial charge in [-0.2, -0.15) is 30.7 Å². The lowest BCUT2D eigenvalue weighted by Gasteiger charge is -2.28. The SMILES string of the molecule is COc1cc([N+](=O)[O-])ccc1S(=O)(=O)C(F)(F)C(F)(F)C(F)(F)F. The molecule has 0 aliphatic heterocycles. The highest BCUT2D eigenvalue weighted by Crippen LogP contribution is 2.51. The number of nitrogens with zero attached hydrogens (tertiary/aromatic N) is 1. The van der Waals surface area contributed by atoms with Crippen LogP contribution in [-0.4, -0.2) is 37.8 Å². The second-order valence-corrected chi connectivity index (χ2v) is 6.14. The molecule has 0 bridgehead atoms. The molecule has 0 aromatic heterocycles. The fourth-order valence-electron chi connectivity index (χ4n) is 1.46. The van der Waals surface area contributed by atoms with Crippen LogP contribution in [0.2, 0.25) is 0 Å². The van der Waals surface area contributed by atoms with E-state index in [0.29, 0.717) is 13.2 Å². The molecule has 0 N–H and O–H groups in total. The fraction of sp³-hybridized carbons (Fsp3) is 0.400. The van der Waals surface area contributed by atoms with Crippen LogP contribution >= 0.6 is 0 Å². The first-order valence-electron chi connectivity index (χ1n) is 5.50. The standard InChI is InChI=1S/C10H6F7NO5S/c1-23-6-4-5(18(19)20)2-3-7(6)24(21,22)10(16,17)8(11,12)9(13,14)15/h2-4H,1H3. The van der Waals surface area contributed by atoms with Gasteiger partial charge in [-0.05, 0) is 6.07 Å². The zero-order chi connectivity index (χ0) is 19.1. The molecule has 0 radical (unpaired) electrons. The number of hydrogen-bond acceptors (Lipinski definition) is 5. The number of ether oxygens (including phenoxy) is 1. The predicted octanol–water partition coefficient (Wildman–Crippen LogP) is 3.17. The number of rotatable bonds is 5.